The van der Waals surface area contributed by atoms with Gasteiger partial charge in [0.1, 0.15) is 18.2 Å². The normalized spacial score (nSPS) is 12.5. The van der Waals surface area contributed by atoms with E-state index in [0.29, 0.717) is 23.9 Å². The molecule has 0 fully saturated rings. The number of carbonyl (C=O) groups is 2. The standard InChI is InChI=1S/C21H18ClFN4O2S/c22-17-8-14(23)6-7-15(17)21(29)25-20-16-11-30-12-18(16)26-27(20)10-19(28)24-9-13-4-2-1-3-5-13/h1-8H,9-12H2,(H,24,28)(H,25,29). The van der Waals surface area contributed by atoms with E-state index in [1.54, 1.807) is 11.8 Å². The monoisotopic (exact) mass is 444 g/mol. The number of amides is 2. The van der Waals surface area contributed by atoms with Crippen LogP contribution in [0, 0.1) is 5.82 Å². The van der Waals surface area contributed by atoms with E-state index in [9.17, 15) is 14.0 Å². The zero-order valence-corrected chi connectivity index (χ0v) is 17.4. The topological polar surface area (TPSA) is 76.0 Å². The summed E-state index contributed by atoms with van der Waals surface area (Å²) in [6.45, 7) is 0.376. The predicted molar refractivity (Wildman–Crippen MR) is 115 cm³/mol. The average molecular weight is 445 g/mol. The van der Waals surface area contributed by atoms with Crippen molar-refractivity contribution >= 4 is 41.0 Å². The maximum Gasteiger partial charge on any atom is 0.258 e. The first kappa shape index (κ1) is 20.4. The van der Waals surface area contributed by atoms with Crippen LogP contribution < -0.4 is 10.6 Å². The van der Waals surface area contributed by atoms with Gasteiger partial charge < -0.3 is 10.6 Å². The lowest BCUT2D eigenvalue weighted by molar-refractivity contribution is -0.122. The second-order valence-corrected chi connectivity index (χ2v) is 8.16. The van der Waals surface area contributed by atoms with Gasteiger partial charge in [-0.05, 0) is 23.8 Å². The predicted octanol–water partition coefficient (Wildman–Crippen LogP) is 3.99. The quantitative estimate of drug-likeness (QED) is 0.602. The van der Waals surface area contributed by atoms with Crippen molar-refractivity contribution in [3.05, 3.63) is 81.8 Å². The summed E-state index contributed by atoms with van der Waals surface area (Å²) in [6.07, 6.45) is 0. The van der Waals surface area contributed by atoms with Crippen molar-refractivity contribution in [3.8, 4) is 0 Å². The molecule has 1 aliphatic rings. The van der Waals surface area contributed by atoms with E-state index in [4.69, 9.17) is 11.6 Å². The van der Waals surface area contributed by atoms with Crippen LogP contribution in [-0.4, -0.2) is 21.6 Å². The second kappa shape index (κ2) is 8.89. The van der Waals surface area contributed by atoms with Crippen molar-refractivity contribution in [2.45, 2.75) is 24.6 Å². The van der Waals surface area contributed by atoms with E-state index in [0.717, 1.165) is 22.9 Å². The molecular formula is C21H18ClFN4O2S. The van der Waals surface area contributed by atoms with Crippen LogP contribution in [0.3, 0.4) is 0 Å². The Bertz CT molecular complexity index is 1100. The van der Waals surface area contributed by atoms with E-state index in [2.05, 4.69) is 15.7 Å². The molecule has 1 aliphatic heterocycles. The fourth-order valence-corrected chi connectivity index (χ4v) is 4.45. The molecule has 2 amide bonds. The first-order valence-electron chi connectivity index (χ1n) is 9.24. The van der Waals surface area contributed by atoms with Gasteiger partial charge >= 0.3 is 0 Å². The molecule has 154 valence electrons. The highest BCUT2D eigenvalue weighted by atomic mass is 35.5. The fourth-order valence-electron chi connectivity index (χ4n) is 3.16. The number of anilines is 1. The molecule has 4 rings (SSSR count). The molecule has 0 spiro atoms. The molecule has 3 aromatic rings. The van der Waals surface area contributed by atoms with Gasteiger partial charge in [-0.3, -0.25) is 9.59 Å². The van der Waals surface area contributed by atoms with Gasteiger partial charge in [0.05, 0.1) is 16.3 Å². The van der Waals surface area contributed by atoms with Crippen LogP contribution in [0.2, 0.25) is 5.02 Å². The van der Waals surface area contributed by atoms with Crippen molar-refractivity contribution in [3.63, 3.8) is 0 Å². The zero-order valence-electron chi connectivity index (χ0n) is 15.8. The number of benzene rings is 2. The van der Waals surface area contributed by atoms with Crippen LogP contribution in [0.5, 0.6) is 0 Å². The summed E-state index contributed by atoms with van der Waals surface area (Å²) in [5, 5.41) is 10.2. The number of fused-ring (bicyclic) bond motifs is 1. The minimum absolute atomic E-state index is 0.0187. The number of nitrogens with zero attached hydrogens (tertiary/aromatic N) is 2. The number of aromatic nitrogens is 2. The van der Waals surface area contributed by atoms with Crippen LogP contribution in [0.15, 0.2) is 48.5 Å². The first-order chi connectivity index (χ1) is 14.5. The minimum atomic E-state index is -0.519. The summed E-state index contributed by atoms with van der Waals surface area (Å²) in [5.41, 5.74) is 2.88. The third-order valence-corrected chi connectivity index (χ3v) is 5.94. The Balaban J connectivity index is 1.50. The van der Waals surface area contributed by atoms with Crippen LogP contribution >= 0.6 is 23.4 Å². The first-order valence-corrected chi connectivity index (χ1v) is 10.8. The number of hydrogen-bond acceptors (Lipinski definition) is 4. The molecule has 0 bridgehead atoms. The molecule has 6 nitrogen and oxygen atoms in total. The lowest BCUT2D eigenvalue weighted by Crippen LogP contribution is -2.28. The van der Waals surface area contributed by atoms with Crippen molar-refractivity contribution in [2.75, 3.05) is 5.32 Å². The summed E-state index contributed by atoms with van der Waals surface area (Å²) < 4.78 is 14.8. The molecule has 0 unspecified atom stereocenters. The van der Waals surface area contributed by atoms with Crippen LogP contribution in [-0.2, 0) is 29.4 Å². The van der Waals surface area contributed by atoms with Crippen LogP contribution in [0.1, 0.15) is 27.2 Å². The van der Waals surface area contributed by atoms with E-state index in [1.807, 2.05) is 30.3 Å². The van der Waals surface area contributed by atoms with Crippen molar-refractivity contribution in [1.82, 2.24) is 15.1 Å². The van der Waals surface area contributed by atoms with Gasteiger partial charge in [0.25, 0.3) is 5.91 Å². The highest BCUT2D eigenvalue weighted by molar-refractivity contribution is 7.98. The van der Waals surface area contributed by atoms with E-state index >= 15 is 0 Å². The zero-order chi connectivity index (χ0) is 21.1. The lowest BCUT2D eigenvalue weighted by Gasteiger charge is -2.12. The summed E-state index contributed by atoms with van der Waals surface area (Å²) in [7, 11) is 0. The maximum absolute atomic E-state index is 13.3. The molecule has 0 aliphatic carbocycles. The van der Waals surface area contributed by atoms with Gasteiger partial charge in [0.15, 0.2) is 0 Å². The van der Waals surface area contributed by atoms with Gasteiger partial charge in [0, 0.05) is 23.6 Å². The highest BCUT2D eigenvalue weighted by Crippen LogP contribution is 2.35. The Morgan fingerprint density at radius 3 is 2.73 bits per heavy atom. The molecule has 9 heteroatoms. The number of rotatable bonds is 6. The molecule has 0 radical (unpaired) electrons. The van der Waals surface area contributed by atoms with Gasteiger partial charge in [-0.1, -0.05) is 41.9 Å². The lowest BCUT2D eigenvalue weighted by atomic mass is 10.2. The molecule has 2 heterocycles. The van der Waals surface area contributed by atoms with Gasteiger partial charge in [0.2, 0.25) is 5.91 Å². The molecule has 1 aromatic heterocycles. The van der Waals surface area contributed by atoms with Gasteiger partial charge in [-0.2, -0.15) is 16.9 Å². The maximum atomic E-state index is 13.3. The fraction of sp³-hybridized carbons (Fsp3) is 0.190. The Hall–Kier alpha value is -2.84. The Labute approximate surface area is 181 Å². The number of halogens is 2. The second-order valence-electron chi connectivity index (χ2n) is 6.76. The molecule has 2 aromatic carbocycles. The Morgan fingerprint density at radius 2 is 1.97 bits per heavy atom. The van der Waals surface area contributed by atoms with Crippen LogP contribution in [0.25, 0.3) is 0 Å². The minimum Gasteiger partial charge on any atom is -0.350 e. The third-order valence-electron chi connectivity index (χ3n) is 4.65. The van der Waals surface area contributed by atoms with E-state index < -0.39 is 11.7 Å². The average Bonchev–Trinajstić information content (AvgIpc) is 3.30. The SMILES string of the molecule is O=C(Cn1nc2c(c1NC(=O)c1ccc(F)cc1Cl)CSC2)NCc1ccccc1. The number of thioether (sulfide) groups is 1. The molecule has 0 saturated carbocycles. The number of nitrogens with one attached hydrogen (secondary N) is 2. The molecular weight excluding hydrogens is 427 g/mol. The van der Waals surface area contributed by atoms with E-state index in [-0.39, 0.29) is 23.0 Å². The largest absolute Gasteiger partial charge is 0.350 e. The van der Waals surface area contributed by atoms with Gasteiger partial charge in [-0.25, -0.2) is 9.07 Å². The molecule has 2 N–H and O–H groups in total. The summed E-state index contributed by atoms with van der Waals surface area (Å²) in [6, 6.07) is 13.2. The van der Waals surface area contributed by atoms with Gasteiger partial charge in [-0.15, -0.1) is 0 Å². The summed E-state index contributed by atoms with van der Waals surface area (Å²) >= 11 is 7.70. The van der Waals surface area contributed by atoms with Crippen molar-refractivity contribution < 1.29 is 14.0 Å². The van der Waals surface area contributed by atoms with Crippen LogP contribution in [0.4, 0.5) is 10.2 Å². The molecule has 0 saturated heterocycles. The van der Waals surface area contributed by atoms with E-state index in [1.165, 1.54) is 16.8 Å². The summed E-state index contributed by atoms with van der Waals surface area (Å²) in [5.74, 6) is 0.653. The molecule has 0 atom stereocenters. The van der Waals surface area contributed by atoms with Crippen molar-refractivity contribution in [1.29, 1.82) is 0 Å². The summed E-state index contributed by atoms with van der Waals surface area (Å²) in [4.78, 5) is 25.2. The Morgan fingerprint density at radius 1 is 1.17 bits per heavy atom. The van der Waals surface area contributed by atoms with Crippen molar-refractivity contribution in [2.24, 2.45) is 0 Å². The number of carbonyl (C=O) groups excluding carboxylic acids is 2. The highest BCUT2D eigenvalue weighted by Gasteiger charge is 2.25. The smallest absolute Gasteiger partial charge is 0.258 e. The third kappa shape index (κ3) is 4.49. The Kier molecular flexibility index (Phi) is 6.06. The molecule has 30 heavy (non-hydrogen) atoms. The number of hydrogen-bond donors (Lipinski definition) is 2.